The maximum absolute atomic E-state index is 13.4. The van der Waals surface area contributed by atoms with Gasteiger partial charge in [0.25, 0.3) is 0 Å². The van der Waals surface area contributed by atoms with Crippen LogP contribution in [-0.2, 0) is 15.7 Å². The molecule has 2 aromatic rings. The van der Waals surface area contributed by atoms with Gasteiger partial charge in [-0.15, -0.1) is 0 Å². The maximum atomic E-state index is 13.4. The van der Waals surface area contributed by atoms with Gasteiger partial charge in [0, 0.05) is 17.2 Å². The van der Waals surface area contributed by atoms with Gasteiger partial charge < -0.3 is 4.74 Å². The van der Waals surface area contributed by atoms with Gasteiger partial charge in [-0.2, -0.15) is 13.2 Å². The number of pyridine rings is 1. The molecule has 0 amide bonds. The molecular weight excluding hydrogens is 326 g/mol. The SMILES string of the molecule is CCOC(=O)C=Cc1ccc(C(F)(F)F)nc1-c1cccc(F)c1. The Balaban J connectivity index is 2.52. The summed E-state index contributed by atoms with van der Waals surface area (Å²) >= 11 is 0. The fraction of sp³-hybridized carbons (Fsp3) is 0.176. The number of halogens is 4. The second-order valence-corrected chi connectivity index (χ2v) is 4.73. The Hall–Kier alpha value is -2.70. The van der Waals surface area contributed by atoms with Crippen LogP contribution in [0.1, 0.15) is 18.2 Å². The Bertz CT molecular complexity index is 769. The number of aromatic nitrogens is 1. The lowest BCUT2D eigenvalue weighted by Gasteiger charge is -2.11. The van der Waals surface area contributed by atoms with Crippen molar-refractivity contribution >= 4 is 12.0 Å². The van der Waals surface area contributed by atoms with Crippen LogP contribution < -0.4 is 0 Å². The molecule has 0 atom stereocenters. The smallest absolute Gasteiger partial charge is 0.433 e. The number of benzene rings is 1. The van der Waals surface area contributed by atoms with Crippen LogP contribution in [0, 0.1) is 5.82 Å². The first-order valence-electron chi connectivity index (χ1n) is 7.00. The van der Waals surface area contributed by atoms with Gasteiger partial charge in [0.2, 0.25) is 0 Å². The number of hydrogen-bond donors (Lipinski definition) is 0. The lowest BCUT2D eigenvalue weighted by Crippen LogP contribution is -2.09. The molecule has 126 valence electrons. The summed E-state index contributed by atoms with van der Waals surface area (Å²) in [5.41, 5.74) is -0.772. The molecule has 0 aliphatic heterocycles. The minimum absolute atomic E-state index is 0.0788. The van der Waals surface area contributed by atoms with Gasteiger partial charge in [0.1, 0.15) is 11.5 Å². The lowest BCUT2D eigenvalue weighted by molar-refractivity contribution is -0.141. The van der Waals surface area contributed by atoms with Crippen molar-refractivity contribution in [2.75, 3.05) is 6.61 Å². The largest absolute Gasteiger partial charge is 0.463 e. The van der Waals surface area contributed by atoms with Crippen LogP contribution in [0.2, 0.25) is 0 Å². The standard InChI is InChI=1S/C17H13F4NO2/c1-2-24-15(23)9-7-11-6-8-14(17(19,20)21)22-16(11)12-4-3-5-13(18)10-12/h3-10H,2H2,1H3. The van der Waals surface area contributed by atoms with Crippen molar-refractivity contribution < 1.29 is 27.1 Å². The fourth-order valence-electron chi connectivity index (χ4n) is 1.98. The number of rotatable bonds is 4. The van der Waals surface area contributed by atoms with Crippen LogP contribution in [0.25, 0.3) is 17.3 Å². The van der Waals surface area contributed by atoms with Gasteiger partial charge in [-0.1, -0.05) is 18.2 Å². The fourth-order valence-corrected chi connectivity index (χ4v) is 1.98. The van der Waals surface area contributed by atoms with Crippen molar-refractivity contribution in [1.29, 1.82) is 0 Å². The van der Waals surface area contributed by atoms with E-state index in [0.717, 1.165) is 18.2 Å². The first kappa shape index (κ1) is 17.7. The number of hydrogen-bond acceptors (Lipinski definition) is 3. The summed E-state index contributed by atoms with van der Waals surface area (Å²) in [4.78, 5) is 15.0. The predicted molar refractivity (Wildman–Crippen MR) is 80.3 cm³/mol. The zero-order valence-corrected chi connectivity index (χ0v) is 12.6. The number of esters is 1. The predicted octanol–water partition coefficient (Wildman–Crippen LogP) is 4.48. The Labute approximate surface area is 135 Å². The highest BCUT2D eigenvalue weighted by atomic mass is 19.4. The first-order chi connectivity index (χ1) is 11.3. The zero-order chi connectivity index (χ0) is 17.7. The molecule has 3 nitrogen and oxygen atoms in total. The zero-order valence-electron chi connectivity index (χ0n) is 12.6. The molecule has 1 aromatic heterocycles. The lowest BCUT2D eigenvalue weighted by atomic mass is 10.0. The molecule has 0 spiro atoms. The number of carbonyl (C=O) groups excluding carboxylic acids is 1. The van der Waals surface area contributed by atoms with Gasteiger partial charge in [-0.3, -0.25) is 0 Å². The summed E-state index contributed by atoms with van der Waals surface area (Å²) in [5, 5.41) is 0. The van der Waals surface area contributed by atoms with Crippen LogP contribution in [0.4, 0.5) is 17.6 Å². The van der Waals surface area contributed by atoms with Crippen LogP contribution >= 0.6 is 0 Å². The molecule has 0 unspecified atom stereocenters. The summed E-state index contributed by atoms with van der Waals surface area (Å²) in [7, 11) is 0. The molecule has 1 heterocycles. The van der Waals surface area contributed by atoms with Crippen molar-refractivity contribution in [3.05, 3.63) is 59.5 Å². The van der Waals surface area contributed by atoms with Crippen molar-refractivity contribution in [3.8, 4) is 11.3 Å². The van der Waals surface area contributed by atoms with Gasteiger partial charge in [-0.25, -0.2) is 14.2 Å². The van der Waals surface area contributed by atoms with Crippen LogP contribution in [0.5, 0.6) is 0 Å². The van der Waals surface area contributed by atoms with Crippen LogP contribution in [0.15, 0.2) is 42.5 Å². The normalized spacial score (nSPS) is 11.7. The first-order valence-corrected chi connectivity index (χ1v) is 7.00. The molecule has 0 bridgehead atoms. The molecule has 2 rings (SSSR count). The van der Waals surface area contributed by atoms with Gasteiger partial charge in [-0.05, 0) is 31.2 Å². The van der Waals surface area contributed by atoms with Crippen LogP contribution in [0.3, 0.4) is 0 Å². The van der Waals surface area contributed by atoms with Gasteiger partial charge >= 0.3 is 12.1 Å². The van der Waals surface area contributed by atoms with E-state index in [9.17, 15) is 22.4 Å². The summed E-state index contributed by atoms with van der Waals surface area (Å²) in [6.07, 6.45) is -2.27. The van der Waals surface area contributed by atoms with Crippen molar-refractivity contribution in [3.63, 3.8) is 0 Å². The maximum Gasteiger partial charge on any atom is 0.433 e. The van der Waals surface area contributed by atoms with Crippen molar-refractivity contribution in [2.24, 2.45) is 0 Å². The molecule has 0 N–H and O–H groups in total. The summed E-state index contributed by atoms with van der Waals surface area (Å²) in [6.45, 7) is 1.80. The van der Waals surface area contributed by atoms with E-state index in [1.54, 1.807) is 6.92 Å². The highest BCUT2D eigenvalue weighted by molar-refractivity contribution is 5.88. The van der Waals surface area contributed by atoms with E-state index in [0.29, 0.717) is 0 Å². The number of ether oxygens (including phenoxy) is 1. The Kier molecular flexibility index (Phi) is 5.33. The van der Waals surface area contributed by atoms with Gasteiger partial charge in [0.05, 0.1) is 12.3 Å². The Morgan fingerprint density at radius 2 is 2.00 bits per heavy atom. The molecule has 1 aromatic carbocycles. The van der Waals surface area contributed by atoms with E-state index in [2.05, 4.69) is 4.98 Å². The average Bonchev–Trinajstić information content (AvgIpc) is 2.52. The molecule has 0 fully saturated rings. The molecule has 0 saturated carbocycles. The van der Waals surface area contributed by atoms with E-state index in [1.165, 1.54) is 30.3 Å². The molecule has 7 heteroatoms. The van der Waals surface area contributed by atoms with E-state index in [-0.39, 0.29) is 23.4 Å². The highest BCUT2D eigenvalue weighted by Crippen LogP contribution is 2.31. The summed E-state index contributed by atoms with van der Waals surface area (Å²) < 4.78 is 56.8. The van der Waals surface area contributed by atoms with Crippen LogP contribution in [-0.4, -0.2) is 17.6 Å². The minimum atomic E-state index is -4.63. The van der Waals surface area contributed by atoms with E-state index >= 15 is 0 Å². The van der Waals surface area contributed by atoms with Crippen molar-refractivity contribution in [1.82, 2.24) is 4.98 Å². The monoisotopic (exact) mass is 339 g/mol. The third kappa shape index (κ3) is 4.41. The number of carbonyl (C=O) groups is 1. The Morgan fingerprint density at radius 3 is 2.62 bits per heavy atom. The minimum Gasteiger partial charge on any atom is -0.463 e. The second-order valence-electron chi connectivity index (χ2n) is 4.73. The molecule has 0 aliphatic rings. The summed E-state index contributed by atoms with van der Waals surface area (Å²) in [6, 6.07) is 7.02. The topological polar surface area (TPSA) is 39.2 Å². The average molecular weight is 339 g/mol. The second kappa shape index (κ2) is 7.25. The molecule has 24 heavy (non-hydrogen) atoms. The van der Waals surface area contributed by atoms with E-state index < -0.39 is 23.7 Å². The van der Waals surface area contributed by atoms with Crippen molar-refractivity contribution in [2.45, 2.75) is 13.1 Å². The Morgan fingerprint density at radius 1 is 1.25 bits per heavy atom. The van der Waals surface area contributed by atoms with E-state index in [1.807, 2.05) is 0 Å². The number of alkyl halides is 3. The van der Waals surface area contributed by atoms with Gasteiger partial charge in [0.15, 0.2) is 0 Å². The third-order valence-electron chi connectivity index (χ3n) is 3.00. The van der Waals surface area contributed by atoms with E-state index in [4.69, 9.17) is 4.74 Å². The number of nitrogens with zero attached hydrogens (tertiary/aromatic N) is 1. The third-order valence-corrected chi connectivity index (χ3v) is 3.00. The molecular formula is C17H13F4NO2. The molecule has 0 saturated heterocycles. The molecule has 0 radical (unpaired) electrons. The summed E-state index contributed by atoms with van der Waals surface area (Å²) in [5.74, 6) is -1.24. The molecule has 0 aliphatic carbocycles. The highest BCUT2D eigenvalue weighted by Gasteiger charge is 2.33. The quantitative estimate of drug-likeness (QED) is 0.468.